The number of aromatic nitrogens is 4. The smallest absolute Gasteiger partial charge is 0.283 e. The van der Waals surface area contributed by atoms with E-state index < -0.39 is 28.7 Å². The van der Waals surface area contributed by atoms with E-state index in [9.17, 15) is 22.8 Å². The predicted molar refractivity (Wildman–Crippen MR) is 107 cm³/mol. The molecule has 0 saturated carbocycles. The minimum atomic E-state index is -3.06. The first-order valence-corrected chi connectivity index (χ1v) is 9.29. The van der Waals surface area contributed by atoms with Crippen molar-refractivity contribution in [1.29, 1.82) is 5.26 Å². The van der Waals surface area contributed by atoms with Crippen LogP contribution in [0, 0.1) is 11.3 Å². The van der Waals surface area contributed by atoms with Crippen LogP contribution in [0.3, 0.4) is 0 Å². The summed E-state index contributed by atoms with van der Waals surface area (Å²) in [5.41, 5.74) is 10.7. The fourth-order valence-electron chi connectivity index (χ4n) is 2.97. The van der Waals surface area contributed by atoms with Gasteiger partial charge in [-0.2, -0.15) is 15.3 Å². The Hall–Kier alpha value is -3.40. The van der Waals surface area contributed by atoms with Gasteiger partial charge in [0, 0.05) is 11.1 Å². The van der Waals surface area contributed by atoms with Crippen LogP contribution in [0.1, 0.15) is 35.4 Å². The van der Waals surface area contributed by atoms with Crippen molar-refractivity contribution in [3.8, 4) is 23.1 Å². The number of hydrogen-bond donors (Lipinski definition) is 2. The van der Waals surface area contributed by atoms with E-state index in [4.69, 9.17) is 16.2 Å². The summed E-state index contributed by atoms with van der Waals surface area (Å²) in [6.45, 7) is -0.320. The zero-order valence-electron chi connectivity index (χ0n) is 15.8. The molecular formula is C18H14BrF4N7O. The molecule has 13 heteroatoms. The minimum Gasteiger partial charge on any atom is -0.496 e. The van der Waals surface area contributed by atoms with Gasteiger partial charge in [-0.05, 0) is 34.1 Å². The summed E-state index contributed by atoms with van der Waals surface area (Å²) in [5.74, 6) is -0.0101. The van der Waals surface area contributed by atoms with E-state index in [-0.39, 0.29) is 35.3 Å². The Balaban J connectivity index is 2.15. The zero-order valence-corrected chi connectivity index (χ0v) is 17.4. The van der Waals surface area contributed by atoms with Crippen molar-refractivity contribution in [2.45, 2.75) is 19.4 Å². The highest BCUT2D eigenvalue weighted by Crippen LogP contribution is 2.36. The normalized spacial score (nSPS) is 11.2. The average Bonchev–Trinajstić information content (AvgIpc) is 3.03. The third-order valence-electron chi connectivity index (χ3n) is 4.31. The number of benzene rings is 1. The number of nitrogens with zero attached hydrogens (tertiary/aromatic N) is 5. The molecule has 0 unspecified atom stereocenters. The van der Waals surface area contributed by atoms with Gasteiger partial charge in [0.2, 0.25) is 5.95 Å². The molecule has 0 radical (unpaired) electrons. The lowest BCUT2D eigenvalue weighted by molar-refractivity contribution is 0.139. The minimum absolute atomic E-state index is 0.0274. The van der Waals surface area contributed by atoms with Crippen molar-refractivity contribution in [2.75, 3.05) is 18.6 Å². The van der Waals surface area contributed by atoms with Gasteiger partial charge in [0.25, 0.3) is 12.9 Å². The van der Waals surface area contributed by atoms with Crippen molar-refractivity contribution in [1.82, 2.24) is 19.7 Å². The molecule has 0 saturated heterocycles. The van der Waals surface area contributed by atoms with E-state index in [2.05, 4.69) is 31.0 Å². The van der Waals surface area contributed by atoms with E-state index in [1.165, 1.54) is 19.2 Å². The van der Waals surface area contributed by atoms with Gasteiger partial charge in [-0.15, -0.1) is 0 Å². The Bertz CT molecular complexity index is 1180. The molecule has 0 spiro atoms. The third kappa shape index (κ3) is 4.24. The molecule has 3 rings (SSSR count). The highest BCUT2D eigenvalue weighted by atomic mass is 79.9. The number of halogens is 5. The van der Waals surface area contributed by atoms with E-state index in [1.807, 2.05) is 6.07 Å². The lowest BCUT2D eigenvalue weighted by Crippen LogP contribution is -2.09. The molecule has 2 aromatic heterocycles. The fourth-order valence-corrected chi connectivity index (χ4v) is 3.60. The number of nitrogen functional groups attached to an aromatic ring is 2. The number of methoxy groups -OCH3 is 1. The number of alkyl halides is 4. The van der Waals surface area contributed by atoms with Gasteiger partial charge in [-0.25, -0.2) is 22.5 Å². The van der Waals surface area contributed by atoms with Crippen LogP contribution in [0.2, 0.25) is 0 Å². The number of anilines is 2. The SMILES string of the molecule is COc1ccc(-c2nc(N)nc(N)c2C#N)cc1Cn1nc(C(F)F)c(Br)c1C(F)F. The molecule has 8 nitrogen and oxygen atoms in total. The van der Waals surface area contributed by atoms with Gasteiger partial charge in [0.05, 0.1) is 23.8 Å². The van der Waals surface area contributed by atoms with E-state index in [0.29, 0.717) is 11.1 Å². The largest absolute Gasteiger partial charge is 0.496 e. The average molecular weight is 500 g/mol. The second-order valence-electron chi connectivity index (χ2n) is 6.17. The summed E-state index contributed by atoms with van der Waals surface area (Å²) < 4.78 is 59.0. The molecule has 0 aliphatic rings. The molecule has 1 aromatic carbocycles. The summed E-state index contributed by atoms with van der Waals surface area (Å²) in [4.78, 5) is 7.78. The van der Waals surface area contributed by atoms with Crippen molar-refractivity contribution < 1.29 is 22.3 Å². The molecule has 0 aliphatic carbocycles. The lowest BCUT2D eigenvalue weighted by Gasteiger charge is -2.14. The number of rotatable bonds is 6. The van der Waals surface area contributed by atoms with Crippen molar-refractivity contribution >= 4 is 27.7 Å². The first-order valence-electron chi connectivity index (χ1n) is 8.50. The second kappa shape index (κ2) is 8.76. The number of nitriles is 1. The van der Waals surface area contributed by atoms with Gasteiger partial charge < -0.3 is 16.2 Å². The van der Waals surface area contributed by atoms with Gasteiger partial charge in [-0.3, -0.25) is 4.68 Å². The molecule has 31 heavy (non-hydrogen) atoms. The monoisotopic (exact) mass is 499 g/mol. The number of hydrogen-bond acceptors (Lipinski definition) is 7. The molecule has 2 heterocycles. The van der Waals surface area contributed by atoms with Gasteiger partial charge >= 0.3 is 0 Å². The van der Waals surface area contributed by atoms with Gasteiger partial charge in [0.15, 0.2) is 0 Å². The molecule has 4 N–H and O–H groups in total. The van der Waals surface area contributed by atoms with Crippen LogP contribution in [-0.4, -0.2) is 26.9 Å². The molecule has 0 atom stereocenters. The van der Waals surface area contributed by atoms with Crippen molar-refractivity contribution in [3.63, 3.8) is 0 Å². The molecule has 162 valence electrons. The first-order chi connectivity index (χ1) is 14.7. The molecule has 0 amide bonds. The van der Waals surface area contributed by atoms with E-state index >= 15 is 0 Å². The van der Waals surface area contributed by atoms with Crippen LogP contribution in [0.15, 0.2) is 22.7 Å². The second-order valence-corrected chi connectivity index (χ2v) is 6.97. The molecular weight excluding hydrogens is 486 g/mol. The van der Waals surface area contributed by atoms with Crippen molar-refractivity contribution in [3.05, 3.63) is 45.2 Å². The van der Waals surface area contributed by atoms with E-state index in [1.54, 1.807) is 6.07 Å². The topological polar surface area (TPSA) is 129 Å². The Morgan fingerprint density at radius 1 is 1.19 bits per heavy atom. The maximum atomic E-state index is 13.5. The van der Waals surface area contributed by atoms with Crippen LogP contribution in [-0.2, 0) is 6.54 Å². The van der Waals surface area contributed by atoms with Crippen LogP contribution in [0.25, 0.3) is 11.3 Å². The standard InChI is InChI=1S/C18H14BrF4N7O/c1-31-10-3-2-7(12-9(5-24)17(25)28-18(26)27-12)4-8(10)6-30-14(16(22)23)11(19)13(29-30)15(20)21/h2-4,15-16H,6H2,1H3,(H4,25,26,27,28). The fraction of sp³-hybridized carbons (Fsp3) is 0.222. The van der Waals surface area contributed by atoms with Gasteiger partial charge in [-0.1, -0.05) is 0 Å². The summed E-state index contributed by atoms with van der Waals surface area (Å²) in [5, 5.41) is 13.0. The Morgan fingerprint density at radius 3 is 2.48 bits per heavy atom. The Kier molecular flexibility index (Phi) is 6.30. The Labute approximate surface area is 181 Å². The highest BCUT2D eigenvalue weighted by Gasteiger charge is 2.28. The molecule has 0 bridgehead atoms. The summed E-state index contributed by atoms with van der Waals surface area (Å²) >= 11 is 2.78. The Morgan fingerprint density at radius 2 is 1.90 bits per heavy atom. The van der Waals surface area contributed by atoms with Crippen LogP contribution >= 0.6 is 15.9 Å². The molecule has 0 fully saturated rings. The third-order valence-corrected chi connectivity index (χ3v) is 5.12. The van der Waals surface area contributed by atoms with Crippen LogP contribution < -0.4 is 16.2 Å². The van der Waals surface area contributed by atoms with E-state index in [0.717, 1.165) is 4.68 Å². The maximum Gasteiger partial charge on any atom is 0.283 e. The first kappa shape index (κ1) is 22.3. The van der Waals surface area contributed by atoms with Crippen LogP contribution in [0.4, 0.5) is 29.3 Å². The molecule has 3 aromatic rings. The van der Waals surface area contributed by atoms with Crippen molar-refractivity contribution in [2.24, 2.45) is 0 Å². The quantitative estimate of drug-likeness (QED) is 0.489. The van der Waals surface area contributed by atoms with Gasteiger partial charge in [0.1, 0.15) is 34.6 Å². The summed E-state index contributed by atoms with van der Waals surface area (Å²) in [6, 6.07) is 6.45. The zero-order chi connectivity index (χ0) is 22.9. The summed E-state index contributed by atoms with van der Waals surface area (Å²) in [7, 11) is 1.36. The maximum absolute atomic E-state index is 13.5. The molecule has 0 aliphatic heterocycles. The lowest BCUT2D eigenvalue weighted by atomic mass is 10.0. The summed E-state index contributed by atoms with van der Waals surface area (Å²) in [6.07, 6.45) is -6.11. The number of ether oxygens (including phenoxy) is 1. The predicted octanol–water partition coefficient (Wildman–Crippen LogP) is 4.07. The highest BCUT2D eigenvalue weighted by molar-refractivity contribution is 9.10. The number of nitrogens with two attached hydrogens (primary N) is 2. The van der Waals surface area contributed by atoms with Crippen LogP contribution in [0.5, 0.6) is 5.75 Å².